The van der Waals surface area contributed by atoms with Gasteiger partial charge in [-0.3, -0.25) is 10.1 Å². The van der Waals surface area contributed by atoms with Crippen molar-refractivity contribution in [2.45, 2.75) is 20.3 Å². The summed E-state index contributed by atoms with van der Waals surface area (Å²) in [6, 6.07) is 0. The molecule has 1 aliphatic carbocycles. The summed E-state index contributed by atoms with van der Waals surface area (Å²) in [7, 11) is 0. The maximum atomic E-state index is 10.4. The first kappa shape index (κ1) is 7.98. The van der Waals surface area contributed by atoms with Crippen LogP contribution in [0.5, 0.6) is 0 Å². The number of hydrogen-bond donors (Lipinski definition) is 0. The minimum Gasteiger partial charge on any atom is -0.258 e. The van der Waals surface area contributed by atoms with E-state index in [9.17, 15) is 10.1 Å². The molecule has 0 saturated heterocycles. The Kier molecular flexibility index (Phi) is 2.08. The highest BCUT2D eigenvalue weighted by atomic mass is 16.6. The van der Waals surface area contributed by atoms with Crippen LogP contribution in [0.25, 0.3) is 0 Å². The summed E-state index contributed by atoms with van der Waals surface area (Å²) in [5.41, 5.74) is 2.05. The van der Waals surface area contributed by atoms with Gasteiger partial charge in [-0.1, -0.05) is 5.57 Å². The summed E-state index contributed by atoms with van der Waals surface area (Å²) in [5.74, 6) is 0. The molecule has 0 aliphatic heterocycles. The van der Waals surface area contributed by atoms with Crippen LogP contribution in [0.3, 0.4) is 0 Å². The lowest BCUT2D eigenvalue weighted by Gasteiger charge is -2.08. The van der Waals surface area contributed by atoms with Gasteiger partial charge in [-0.2, -0.15) is 0 Å². The Bertz CT molecular complexity index is 251. The molecular formula is C8H10NO2. The molecule has 0 aromatic heterocycles. The molecule has 1 rings (SSSR count). The number of nitro groups is 1. The second-order valence-corrected chi connectivity index (χ2v) is 2.59. The zero-order valence-corrected chi connectivity index (χ0v) is 6.63. The van der Waals surface area contributed by atoms with Gasteiger partial charge >= 0.3 is 0 Å². The largest absolute Gasteiger partial charge is 0.268 e. The van der Waals surface area contributed by atoms with E-state index < -0.39 is 0 Å². The molecule has 0 unspecified atom stereocenters. The molecule has 0 spiro atoms. The molecule has 0 bridgehead atoms. The Balaban J connectivity index is 2.98. The van der Waals surface area contributed by atoms with Crippen molar-refractivity contribution in [3.05, 3.63) is 39.5 Å². The van der Waals surface area contributed by atoms with Gasteiger partial charge in [-0.15, -0.1) is 0 Å². The summed E-state index contributed by atoms with van der Waals surface area (Å²) in [4.78, 5) is 10.1. The molecule has 3 nitrogen and oxygen atoms in total. The monoisotopic (exact) mass is 152 g/mol. The zero-order chi connectivity index (χ0) is 8.43. The lowest BCUT2D eigenvalue weighted by atomic mass is 9.98. The Hall–Kier alpha value is -1.12. The molecule has 3 heteroatoms. The standard InChI is InChI=1S/C8H10NO2/c1-6-4-3-5-8(7(6)2)9(10)11/h4-5H,3H2,1-2H3. The first-order valence-electron chi connectivity index (χ1n) is 3.48. The van der Waals surface area contributed by atoms with E-state index in [0.717, 1.165) is 11.1 Å². The van der Waals surface area contributed by atoms with Crippen molar-refractivity contribution in [3.63, 3.8) is 0 Å². The number of rotatable bonds is 1. The van der Waals surface area contributed by atoms with Crippen molar-refractivity contribution in [2.75, 3.05) is 0 Å². The number of nitrogens with zero attached hydrogens (tertiary/aromatic N) is 1. The maximum absolute atomic E-state index is 10.4. The molecule has 0 fully saturated rings. The molecule has 1 radical (unpaired) electrons. The normalized spacial score (nSPS) is 18.2. The molecule has 0 amide bonds. The Morgan fingerprint density at radius 3 is 2.64 bits per heavy atom. The van der Waals surface area contributed by atoms with Crippen LogP contribution in [0, 0.1) is 16.5 Å². The fraction of sp³-hybridized carbons (Fsp3) is 0.375. The lowest BCUT2D eigenvalue weighted by molar-refractivity contribution is -0.421. The van der Waals surface area contributed by atoms with Gasteiger partial charge in [0, 0.05) is 5.57 Å². The van der Waals surface area contributed by atoms with Gasteiger partial charge in [-0.25, -0.2) is 0 Å². The molecule has 0 atom stereocenters. The van der Waals surface area contributed by atoms with Crippen molar-refractivity contribution in [3.8, 4) is 0 Å². The fourth-order valence-electron chi connectivity index (χ4n) is 1.07. The number of hydrogen-bond acceptors (Lipinski definition) is 2. The highest BCUT2D eigenvalue weighted by molar-refractivity contribution is 5.36. The molecule has 0 aromatic rings. The molecule has 0 heterocycles. The topological polar surface area (TPSA) is 43.1 Å². The van der Waals surface area contributed by atoms with Crippen molar-refractivity contribution < 1.29 is 4.92 Å². The minimum absolute atomic E-state index is 0.255. The van der Waals surface area contributed by atoms with Gasteiger partial charge in [0.25, 0.3) is 5.70 Å². The third-order valence-electron chi connectivity index (χ3n) is 1.91. The lowest BCUT2D eigenvalue weighted by Crippen LogP contribution is -2.05. The van der Waals surface area contributed by atoms with Crippen LogP contribution in [0.4, 0.5) is 0 Å². The second kappa shape index (κ2) is 2.86. The molecule has 59 valence electrons. The smallest absolute Gasteiger partial charge is 0.258 e. The minimum atomic E-state index is -0.328. The summed E-state index contributed by atoms with van der Waals surface area (Å²) in [6.45, 7) is 3.67. The summed E-state index contributed by atoms with van der Waals surface area (Å²) in [6.07, 6.45) is 4.31. The van der Waals surface area contributed by atoms with Crippen LogP contribution in [0.2, 0.25) is 0 Å². The molecule has 0 saturated carbocycles. The highest BCUT2D eigenvalue weighted by Gasteiger charge is 2.18. The summed E-state index contributed by atoms with van der Waals surface area (Å²) < 4.78 is 0. The summed E-state index contributed by atoms with van der Waals surface area (Å²) in [5, 5.41) is 10.4. The number of allylic oxidation sites excluding steroid dienone is 3. The van der Waals surface area contributed by atoms with E-state index in [1.54, 1.807) is 13.0 Å². The first-order valence-corrected chi connectivity index (χ1v) is 3.48. The first-order chi connectivity index (χ1) is 5.13. The van der Waals surface area contributed by atoms with Crippen LogP contribution in [-0.2, 0) is 0 Å². The van der Waals surface area contributed by atoms with Gasteiger partial charge in [0.15, 0.2) is 0 Å². The Morgan fingerprint density at radius 1 is 1.55 bits per heavy atom. The SMILES string of the molecule is CC1=C(C)C([N+](=O)[O-])=CC[CH]1. The average Bonchev–Trinajstić information content (AvgIpc) is 1.94. The highest BCUT2D eigenvalue weighted by Crippen LogP contribution is 2.23. The van der Waals surface area contributed by atoms with Crippen LogP contribution >= 0.6 is 0 Å². The van der Waals surface area contributed by atoms with Crippen molar-refractivity contribution in [2.24, 2.45) is 0 Å². The van der Waals surface area contributed by atoms with Crippen LogP contribution < -0.4 is 0 Å². The zero-order valence-electron chi connectivity index (χ0n) is 6.63. The maximum Gasteiger partial charge on any atom is 0.268 e. The molecule has 11 heavy (non-hydrogen) atoms. The van der Waals surface area contributed by atoms with Crippen molar-refractivity contribution in [1.82, 2.24) is 0 Å². The van der Waals surface area contributed by atoms with Gasteiger partial charge in [0.05, 0.1) is 4.92 Å². The molecular weight excluding hydrogens is 142 g/mol. The average molecular weight is 152 g/mol. The molecule has 0 N–H and O–H groups in total. The van der Waals surface area contributed by atoms with Crippen LogP contribution in [0.15, 0.2) is 22.9 Å². The van der Waals surface area contributed by atoms with E-state index in [4.69, 9.17) is 0 Å². The van der Waals surface area contributed by atoms with E-state index in [-0.39, 0.29) is 10.6 Å². The van der Waals surface area contributed by atoms with Gasteiger partial charge in [-0.05, 0) is 32.8 Å². The predicted molar refractivity (Wildman–Crippen MR) is 42.4 cm³/mol. The van der Waals surface area contributed by atoms with Crippen LogP contribution in [0.1, 0.15) is 20.3 Å². The second-order valence-electron chi connectivity index (χ2n) is 2.59. The Labute approximate surface area is 65.6 Å². The molecule has 0 aromatic carbocycles. The summed E-state index contributed by atoms with van der Waals surface area (Å²) >= 11 is 0. The van der Waals surface area contributed by atoms with E-state index in [2.05, 4.69) is 0 Å². The predicted octanol–water partition coefficient (Wildman–Crippen LogP) is 2.09. The third kappa shape index (κ3) is 1.48. The van der Waals surface area contributed by atoms with Crippen LogP contribution in [-0.4, -0.2) is 4.92 Å². The van der Waals surface area contributed by atoms with E-state index in [1.807, 2.05) is 13.3 Å². The van der Waals surface area contributed by atoms with Gasteiger partial charge < -0.3 is 0 Å². The van der Waals surface area contributed by atoms with E-state index in [0.29, 0.717) is 6.42 Å². The van der Waals surface area contributed by atoms with E-state index in [1.165, 1.54) is 0 Å². The van der Waals surface area contributed by atoms with Crippen molar-refractivity contribution in [1.29, 1.82) is 0 Å². The molecule has 1 aliphatic rings. The van der Waals surface area contributed by atoms with E-state index >= 15 is 0 Å². The Morgan fingerprint density at radius 2 is 2.18 bits per heavy atom. The van der Waals surface area contributed by atoms with Gasteiger partial charge in [0.2, 0.25) is 0 Å². The quantitative estimate of drug-likeness (QED) is 0.426. The third-order valence-corrected chi connectivity index (χ3v) is 1.91. The van der Waals surface area contributed by atoms with Crippen molar-refractivity contribution >= 4 is 0 Å². The van der Waals surface area contributed by atoms with Gasteiger partial charge in [0.1, 0.15) is 0 Å². The fourth-order valence-corrected chi connectivity index (χ4v) is 1.07.